The minimum atomic E-state index is 0.152. The molecule has 1 saturated heterocycles. The lowest BCUT2D eigenvalue weighted by molar-refractivity contribution is -0.132. The van der Waals surface area contributed by atoms with E-state index in [-0.39, 0.29) is 5.91 Å². The van der Waals surface area contributed by atoms with E-state index in [2.05, 4.69) is 19.9 Å². The molecule has 2 aromatic heterocycles. The molecule has 3 heterocycles. The summed E-state index contributed by atoms with van der Waals surface area (Å²) in [5.74, 6) is 0.532. The molecule has 3 rings (SSSR count). The predicted molar refractivity (Wildman–Crippen MR) is 90.2 cm³/mol. The molecule has 0 unspecified atom stereocenters. The van der Waals surface area contributed by atoms with E-state index in [0.29, 0.717) is 12.5 Å². The summed E-state index contributed by atoms with van der Waals surface area (Å²) >= 11 is 0. The van der Waals surface area contributed by atoms with Gasteiger partial charge >= 0.3 is 0 Å². The second-order valence-electron chi connectivity index (χ2n) is 6.52. The zero-order valence-electron chi connectivity index (χ0n) is 14.3. The van der Waals surface area contributed by atoms with Crippen molar-refractivity contribution in [3.05, 3.63) is 42.5 Å². The van der Waals surface area contributed by atoms with Crippen LogP contribution in [0.1, 0.15) is 30.1 Å². The standard InChI is InChI=1S/C17H24N6O/c1-21(2)11-15-17(20-6-5-19-15)14-3-8-23(9-4-14)16(24)12-22-10-7-18-13-22/h5-7,10,13-14H,3-4,8-9,11-12H2,1-2H3. The zero-order chi connectivity index (χ0) is 16.9. The van der Waals surface area contributed by atoms with Crippen molar-refractivity contribution in [2.75, 3.05) is 27.2 Å². The van der Waals surface area contributed by atoms with Gasteiger partial charge in [0.2, 0.25) is 5.91 Å². The van der Waals surface area contributed by atoms with E-state index >= 15 is 0 Å². The molecule has 1 fully saturated rings. The Hall–Kier alpha value is -2.28. The van der Waals surface area contributed by atoms with Gasteiger partial charge in [0.05, 0.1) is 17.7 Å². The van der Waals surface area contributed by atoms with Crippen LogP contribution in [0.4, 0.5) is 0 Å². The Morgan fingerprint density at radius 1 is 1.21 bits per heavy atom. The van der Waals surface area contributed by atoms with Crippen LogP contribution >= 0.6 is 0 Å². The van der Waals surface area contributed by atoms with Crippen molar-refractivity contribution in [3.8, 4) is 0 Å². The van der Waals surface area contributed by atoms with Crippen molar-refractivity contribution < 1.29 is 4.79 Å². The number of aromatic nitrogens is 4. The van der Waals surface area contributed by atoms with Gasteiger partial charge in [-0.15, -0.1) is 0 Å². The maximum absolute atomic E-state index is 12.4. The van der Waals surface area contributed by atoms with Crippen LogP contribution in [-0.4, -0.2) is 62.4 Å². The Labute approximate surface area is 142 Å². The van der Waals surface area contributed by atoms with Crippen molar-refractivity contribution in [1.82, 2.24) is 29.3 Å². The van der Waals surface area contributed by atoms with E-state index in [1.807, 2.05) is 29.8 Å². The van der Waals surface area contributed by atoms with Crippen LogP contribution in [0.5, 0.6) is 0 Å². The lowest BCUT2D eigenvalue weighted by atomic mass is 9.91. The molecule has 128 valence electrons. The van der Waals surface area contributed by atoms with Gasteiger partial charge in [0.1, 0.15) is 6.54 Å². The van der Waals surface area contributed by atoms with Crippen LogP contribution in [0.3, 0.4) is 0 Å². The molecule has 0 radical (unpaired) electrons. The third kappa shape index (κ3) is 3.97. The molecule has 0 spiro atoms. The Bertz CT molecular complexity index is 661. The van der Waals surface area contributed by atoms with Crippen LogP contribution in [0.15, 0.2) is 31.1 Å². The lowest BCUT2D eigenvalue weighted by Crippen LogP contribution is -2.40. The Morgan fingerprint density at radius 3 is 2.62 bits per heavy atom. The molecule has 2 aromatic rings. The van der Waals surface area contributed by atoms with Gasteiger partial charge in [0.15, 0.2) is 0 Å². The van der Waals surface area contributed by atoms with Gasteiger partial charge in [-0.3, -0.25) is 14.8 Å². The van der Waals surface area contributed by atoms with Crippen LogP contribution in [0, 0.1) is 0 Å². The van der Waals surface area contributed by atoms with E-state index in [1.54, 1.807) is 24.9 Å². The predicted octanol–water partition coefficient (Wildman–Crippen LogP) is 1.14. The molecule has 7 heteroatoms. The molecular weight excluding hydrogens is 304 g/mol. The average molecular weight is 328 g/mol. The first-order valence-electron chi connectivity index (χ1n) is 8.31. The number of nitrogens with zero attached hydrogens (tertiary/aromatic N) is 6. The van der Waals surface area contributed by atoms with Crippen molar-refractivity contribution in [2.24, 2.45) is 0 Å². The molecule has 7 nitrogen and oxygen atoms in total. The molecule has 0 atom stereocenters. The monoisotopic (exact) mass is 328 g/mol. The first-order valence-corrected chi connectivity index (χ1v) is 8.31. The first-order chi connectivity index (χ1) is 11.6. The number of carbonyl (C=O) groups excluding carboxylic acids is 1. The summed E-state index contributed by atoms with van der Waals surface area (Å²) in [5, 5.41) is 0. The number of hydrogen-bond donors (Lipinski definition) is 0. The van der Waals surface area contributed by atoms with Gasteiger partial charge in [-0.1, -0.05) is 0 Å². The molecule has 0 aliphatic carbocycles. The summed E-state index contributed by atoms with van der Waals surface area (Å²) in [7, 11) is 4.08. The second kappa shape index (κ2) is 7.53. The number of carbonyl (C=O) groups is 1. The first kappa shape index (κ1) is 16.6. The van der Waals surface area contributed by atoms with Crippen molar-refractivity contribution >= 4 is 5.91 Å². The quantitative estimate of drug-likeness (QED) is 0.823. The van der Waals surface area contributed by atoms with Gasteiger partial charge < -0.3 is 14.4 Å². The lowest BCUT2D eigenvalue weighted by Gasteiger charge is -2.32. The third-order valence-electron chi connectivity index (χ3n) is 4.38. The van der Waals surface area contributed by atoms with E-state index in [9.17, 15) is 4.79 Å². The second-order valence-corrected chi connectivity index (χ2v) is 6.52. The molecule has 0 N–H and O–H groups in total. The highest BCUT2D eigenvalue weighted by Crippen LogP contribution is 2.28. The number of amides is 1. The summed E-state index contributed by atoms with van der Waals surface area (Å²) in [6, 6.07) is 0. The van der Waals surface area contributed by atoms with Gasteiger partial charge in [-0.2, -0.15) is 0 Å². The van der Waals surface area contributed by atoms with Gasteiger partial charge in [0.25, 0.3) is 0 Å². The maximum atomic E-state index is 12.4. The van der Waals surface area contributed by atoms with Crippen molar-refractivity contribution in [1.29, 1.82) is 0 Å². The summed E-state index contributed by atoms with van der Waals surface area (Å²) in [4.78, 5) is 29.5. The molecule has 1 amide bonds. The topological polar surface area (TPSA) is 67.2 Å². The van der Waals surface area contributed by atoms with Gasteiger partial charge in [0, 0.05) is 50.3 Å². The van der Waals surface area contributed by atoms with Crippen LogP contribution in [0.25, 0.3) is 0 Å². The van der Waals surface area contributed by atoms with Crippen LogP contribution in [-0.2, 0) is 17.9 Å². The van der Waals surface area contributed by atoms with E-state index < -0.39 is 0 Å². The van der Waals surface area contributed by atoms with Crippen LogP contribution < -0.4 is 0 Å². The number of imidazole rings is 1. The molecule has 1 aliphatic heterocycles. The van der Waals surface area contributed by atoms with Gasteiger partial charge in [-0.05, 0) is 26.9 Å². The minimum Gasteiger partial charge on any atom is -0.341 e. The van der Waals surface area contributed by atoms with E-state index in [0.717, 1.165) is 43.9 Å². The van der Waals surface area contributed by atoms with Crippen molar-refractivity contribution in [2.45, 2.75) is 31.8 Å². The Morgan fingerprint density at radius 2 is 1.96 bits per heavy atom. The smallest absolute Gasteiger partial charge is 0.242 e. The summed E-state index contributed by atoms with van der Waals surface area (Å²) in [6.07, 6.45) is 10.6. The van der Waals surface area contributed by atoms with Crippen molar-refractivity contribution in [3.63, 3.8) is 0 Å². The number of likely N-dealkylation sites (tertiary alicyclic amines) is 1. The normalized spacial score (nSPS) is 15.9. The Kier molecular flexibility index (Phi) is 5.20. The molecule has 1 aliphatic rings. The zero-order valence-corrected chi connectivity index (χ0v) is 14.3. The van der Waals surface area contributed by atoms with Crippen LogP contribution in [0.2, 0.25) is 0 Å². The van der Waals surface area contributed by atoms with E-state index in [4.69, 9.17) is 0 Å². The molecule has 0 bridgehead atoms. The fraction of sp³-hybridized carbons (Fsp3) is 0.529. The fourth-order valence-electron chi connectivity index (χ4n) is 3.18. The van der Waals surface area contributed by atoms with E-state index in [1.165, 1.54) is 0 Å². The average Bonchev–Trinajstić information content (AvgIpc) is 3.08. The minimum absolute atomic E-state index is 0.152. The highest BCUT2D eigenvalue weighted by molar-refractivity contribution is 5.76. The summed E-state index contributed by atoms with van der Waals surface area (Å²) in [6.45, 7) is 2.71. The number of hydrogen-bond acceptors (Lipinski definition) is 5. The summed E-state index contributed by atoms with van der Waals surface area (Å²) < 4.78 is 1.81. The SMILES string of the molecule is CN(C)Cc1nccnc1C1CCN(C(=O)Cn2ccnc2)CC1. The largest absolute Gasteiger partial charge is 0.341 e. The highest BCUT2D eigenvalue weighted by atomic mass is 16.2. The molecular formula is C17H24N6O. The third-order valence-corrected chi connectivity index (χ3v) is 4.38. The Balaban J connectivity index is 1.60. The molecule has 0 saturated carbocycles. The number of piperidine rings is 1. The maximum Gasteiger partial charge on any atom is 0.242 e. The van der Waals surface area contributed by atoms with Gasteiger partial charge in [-0.25, -0.2) is 4.98 Å². The highest BCUT2D eigenvalue weighted by Gasteiger charge is 2.26. The number of rotatable bonds is 5. The molecule has 0 aromatic carbocycles. The fourth-order valence-corrected chi connectivity index (χ4v) is 3.18. The molecule has 24 heavy (non-hydrogen) atoms. The summed E-state index contributed by atoms with van der Waals surface area (Å²) in [5.41, 5.74) is 2.14.